The summed E-state index contributed by atoms with van der Waals surface area (Å²) in [7, 11) is 3.94. The Hall–Kier alpha value is -3.36. The van der Waals surface area contributed by atoms with Gasteiger partial charge in [-0.05, 0) is 43.6 Å². The molecular weight excluding hydrogens is 665 g/mol. The normalized spacial score (nSPS) is 22.2. The molecule has 0 unspecified atom stereocenters. The Morgan fingerprint density at radius 3 is 1.64 bits per heavy atom. The predicted molar refractivity (Wildman–Crippen MR) is 145 cm³/mol. The Bertz CT molecular complexity index is 1070. The highest BCUT2D eigenvalue weighted by molar-refractivity contribution is 5.73. The Morgan fingerprint density at radius 2 is 1.23 bits per heavy atom. The fourth-order valence-electron chi connectivity index (χ4n) is 4.71. The highest BCUT2D eigenvalue weighted by atomic mass is 19.4. The van der Waals surface area contributed by atoms with Gasteiger partial charge in [0.2, 0.25) is 0 Å². The van der Waals surface area contributed by atoms with E-state index in [2.05, 4.69) is 46.0 Å². The molecule has 0 bridgehead atoms. The number of carboxylic acid groups (broad SMARTS) is 3. The lowest BCUT2D eigenvalue weighted by atomic mass is 9.84. The number of piperidine rings is 1. The second-order valence-electron chi connectivity index (χ2n) is 10.7. The number of likely N-dealkylation sites (N-methyl/N-ethyl adjacent to an activating group) is 1. The summed E-state index contributed by atoms with van der Waals surface area (Å²) in [6.45, 7) is 10.2. The molecule has 3 atom stereocenters. The van der Waals surface area contributed by atoms with E-state index in [9.17, 15) is 39.5 Å². The van der Waals surface area contributed by atoms with E-state index in [-0.39, 0.29) is 0 Å². The lowest BCUT2D eigenvalue weighted by Crippen LogP contribution is -2.49. The number of hydrogen-bond donors (Lipinski definition) is 3. The average molecular weight is 702 g/mol. The third kappa shape index (κ3) is 15.9. The number of aliphatic carboxylic acids is 3. The van der Waals surface area contributed by atoms with Gasteiger partial charge in [0.1, 0.15) is 5.75 Å². The maximum absolute atomic E-state index is 10.6. The van der Waals surface area contributed by atoms with Crippen LogP contribution >= 0.6 is 0 Å². The highest BCUT2D eigenvalue weighted by Crippen LogP contribution is 2.35. The van der Waals surface area contributed by atoms with Gasteiger partial charge in [0.25, 0.3) is 0 Å². The first-order valence-electron chi connectivity index (χ1n) is 13.8. The molecule has 1 aromatic carbocycles. The number of methoxy groups -OCH3 is 1. The van der Waals surface area contributed by atoms with Gasteiger partial charge in [-0.15, -0.1) is 0 Å². The second kappa shape index (κ2) is 18.3. The molecular formula is C27H36F9N3O8. The molecule has 20 heteroatoms. The molecule has 11 nitrogen and oxygen atoms in total. The van der Waals surface area contributed by atoms with Crippen LogP contribution in [-0.4, -0.2) is 139 Å². The summed E-state index contributed by atoms with van der Waals surface area (Å²) >= 11 is 0. The molecule has 4 rings (SSSR count). The number of carboxylic acids is 3. The molecule has 0 radical (unpaired) electrons. The van der Waals surface area contributed by atoms with E-state index in [1.165, 1.54) is 51.3 Å². The number of alkyl halides is 9. The zero-order chi connectivity index (χ0) is 36.2. The maximum atomic E-state index is 10.6. The van der Waals surface area contributed by atoms with Crippen molar-refractivity contribution in [3.05, 3.63) is 29.8 Å². The quantitative estimate of drug-likeness (QED) is 0.388. The molecule has 3 fully saturated rings. The lowest BCUT2D eigenvalue weighted by Gasteiger charge is -2.38. The van der Waals surface area contributed by atoms with Crippen LogP contribution in [0.2, 0.25) is 0 Å². The Labute approximate surface area is 263 Å². The second-order valence-corrected chi connectivity index (χ2v) is 10.7. The first kappa shape index (κ1) is 41.7. The number of halogens is 9. The summed E-state index contributed by atoms with van der Waals surface area (Å²) in [5, 5.41) is 21.4. The van der Waals surface area contributed by atoms with E-state index in [0.29, 0.717) is 12.0 Å². The summed E-state index contributed by atoms with van der Waals surface area (Å²) < 4.78 is 107. The molecule has 3 saturated heterocycles. The highest BCUT2D eigenvalue weighted by Gasteiger charge is 2.42. The van der Waals surface area contributed by atoms with Crippen LogP contribution in [0.5, 0.6) is 5.75 Å². The minimum Gasteiger partial charge on any atom is -0.497 e. The number of carbonyl (C=O) groups is 3. The molecule has 3 aliphatic rings. The van der Waals surface area contributed by atoms with E-state index in [0.717, 1.165) is 31.4 Å². The molecule has 3 aliphatic heterocycles. The molecule has 47 heavy (non-hydrogen) atoms. The summed E-state index contributed by atoms with van der Waals surface area (Å²) in [6.07, 6.45) is -13.6. The summed E-state index contributed by atoms with van der Waals surface area (Å²) in [5.41, 5.74) is 1.37. The molecule has 3 heterocycles. The molecule has 0 aromatic heterocycles. The van der Waals surface area contributed by atoms with Crippen LogP contribution in [0.3, 0.4) is 0 Å². The lowest BCUT2D eigenvalue weighted by molar-refractivity contribution is -0.193. The van der Waals surface area contributed by atoms with Gasteiger partial charge in [0.15, 0.2) is 0 Å². The maximum Gasteiger partial charge on any atom is 0.490 e. The molecule has 270 valence electrons. The molecule has 0 saturated carbocycles. The number of nitrogens with zero attached hydrogens (tertiary/aromatic N) is 3. The fraction of sp³-hybridized carbons (Fsp3) is 0.667. The van der Waals surface area contributed by atoms with Crippen molar-refractivity contribution in [3.8, 4) is 5.75 Å². The number of hydrogen-bond acceptors (Lipinski definition) is 8. The average Bonchev–Trinajstić information content (AvgIpc) is 3.36. The van der Waals surface area contributed by atoms with Gasteiger partial charge in [-0.25, -0.2) is 14.4 Å². The molecule has 0 amide bonds. The van der Waals surface area contributed by atoms with E-state index < -0.39 is 36.4 Å². The van der Waals surface area contributed by atoms with Gasteiger partial charge in [-0.2, -0.15) is 39.5 Å². The number of likely N-dealkylation sites (tertiary alicyclic amines) is 1. The molecule has 3 N–H and O–H groups in total. The minimum atomic E-state index is -5.08. The first-order chi connectivity index (χ1) is 21.5. The van der Waals surface area contributed by atoms with Crippen LogP contribution < -0.4 is 4.74 Å². The van der Waals surface area contributed by atoms with E-state index in [1.54, 1.807) is 7.11 Å². The van der Waals surface area contributed by atoms with Crippen molar-refractivity contribution in [2.24, 2.45) is 11.8 Å². The van der Waals surface area contributed by atoms with Crippen molar-refractivity contribution in [2.75, 3.05) is 66.6 Å². The third-order valence-corrected chi connectivity index (χ3v) is 7.22. The van der Waals surface area contributed by atoms with Crippen LogP contribution in [0, 0.1) is 11.8 Å². The largest absolute Gasteiger partial charge is 0.497 e. The summed E-state index contributed by atoms with van der Waals surface area (Å²) in [6, 6.07) is 8.52. The van der Waals surface area contributed by atoms with Crippen LogP contribution in [0.4, 0.5) is 39.5 Å². The Kier molecular flexibility index (Phi) is 16.2. The summed E-state index contributed by atoms with van der Waals surface area (Å²) in [4.78, 5) is 34.3. The smallest absolute Gasteiger partial charge is 0.490 e. The van der Waals surface area contributed by atoms with Crippen LogP contribution in [-0.2, 0) is 25.7 Å². The van der Waals surface area contributed by atoms with Gasteiger partial charge in [-0.1, -0.05) is 12.1 Å². The van der Waals surface area contributed by atoms with Gasteiger partial charge >= 0.3 is 36.4 Å². The van der Waals surface area contributed by atoms with Gasteiger partial charge in [0.05, 0.1) is 19.8 Å². The first-order valence-corrected chi connectivity index (χ1v) is 13.8. The van der Waals surface area contributed by atoms with Crippen LogP contribution in [0.15, 0.2) is 24.3 Å². The molecule has 0 aliphatic carbocycles. The zero-order valence-corrected chi connectivity index (χ0v) is 25.2. The molecule has 0 spiro atoms. The Balaban J connectivity index is 0.000000430. The van der Waals surface area contributed by atoms with Gasteiger partial charge < -0.3 is 29.7 Å². The third-order valence-electron chi connectivity index (χ3n) is 7.22. The van der Waals surface area contributed by atoms with Crippen molar-refractivity contribution in [1.82, 2.24) is 14.7 Å². The predicted octanol–water partition coefficient (Wildman–Crippen LogP) is 3.68. The zero-order valence-electron chi connectivity index (χ0n) is 25.2. The van der Waals surface area contributed by atoms with E-state index in [4.69, 9.17) is 39.2 Å². The number of benzene rings is 1. The number of piperazine rings is 1. The number of rotatable bonds is 5. The van der Waals surface area contributed by atoms with E-state index in [1.807, 2.05) is 0 Å². The Morgan fingerprint density at radius 1 is 0.787 bits per heavy atom. The van der Waals surface area contributed by atoms with Crippen molar-refractivity contribution in [2.45, 2.75) is 37.6 Å². The van der Waals surface area contributed by atoms with Crippen molar-refractivity contribution < 1.29 is 78.7 Å². The van der Waals surface area contributed by atoms with Gasteiger partial charge in [-0.3, -0.25) is 9.80 Å². The monoisotopic (exact) mass is 701 g/mol. The van der Waals surface area contributed by atoms with Crippen LogP contribution in [0.25, 0.3) is 0 Å². The van der Waals surface area contributed by atoms with Crippen molar-refractivity contribution in [1.29, 1.82) is 0 Å². The van der Waals surface area contributed by atoms with Crippen molar-refractivity contribution in [3.63, 3.8) is 0 Å². The van der Waals surface area contributed by atoms with Gasteiger partial charge in [0, 0.05) is 51.7 Å². The molecule has 1 aromatic rings. The summed E-state index contributed by atoms with van der Waals surface area (Å²) in [5.74, 6) is -5.88. The minimum absolute atomic E-state index is 0.419. The van der Waals surface area contributed by atoms with Crippen LogP contribution in [0.1, 0.15) is 12.0 Å². The van der Waals surface area contributed by atoms with Crippen molar-refractivity contribution >= 4 is 17.9 Å². The fourth-order valence-corrected chi connectivity index (χ4v) is 4.71. The topological polar surface area (TPSA) is 140 Å². The van der Waals surface area contributed by atoms with E-state index >= 15 is 0 Å². The number of fused-ring (bicyclic) bond motifs is 1. The standard InChI is InChI=1S/C21H33N3O2.3C2HF3O2/c1-22-9-11-23(12-10-22)15-21-20-14-24(8-7-18(20)16-26-21)13-17-3-5-19(25-2)6-4-17;3*3-2(4,5)1(6)7/h3-6,18,20-21H,7-16H2,1-2H3;3*(H,6,7)/t18-,20-,21+;;;/m0.../s1. The SMILES string of the molecule is COc1ccc(CN2CC[C@H]3CO[C@H](CN4CCN(C)CC4)[C@H]3C2)cc1.O=C(O)C(F)(F)F.O=C(O)C(F)(F)F.O=C(O)C(F)(F)F. The number of ether oxygens (including phenoxy) is 2.